The van der Waals surface area contributed by atoms with E-state index in [2.05, 4.69) is 17.3 Å². The van der Waals surface area contributed by atoms with Gasteiger partial charge in [0.15, 0.2) is 0 Å². The molecule has 0 aliphatic heterocycles. The van der Waals surface area contributed by atoms with Gasteiger partial charge in [-0.3, -0.25) is 4.68 Å². The van der Waals surface area contributed by atoms with Gasteiger partial charge in [0, 0.05) is 30.9 Å². The van der Waals surface area contributed by atoms with Crippen LogP contribution in [0.4, 0.5) is 0 Å². The van der Waals surface area contributed by atoms with Crippen molar-refractivity contribution in [2.45, 2.75) is 39.3 Å². The Kier molecular flexibility index (Phi) is 3.88. The number of hydrogen-bond acceptors (Lipinski definition) is 3. The van der Waals surface area contributed by atoms with Crippen LogP contribution in [0, 0.1) is 6.92 Å². The van der Waals surface area contributed by atoms with E-state index in [0.717, 1.165) is 18.7 Å². The summed E-state index contributed by atoms with van der Waals surface area (Å²) >= 11 is 0. The quantitative estimate of drug-likeness (QED) is 0.763. The van der Waals surface area contributed by atoms with Gasteiger partial charge < -0.3 is 10.4 Å². The average molecular weight is 211 g/mol. The normalized spacial score (nSPS) is 15.3. The summed E-state index contributed by atoms with van der Waals surface area (Å²) in [5.74, 6) is 0. The molecule has 4 heteroatoms. The molecular weight excluding hydrogens is 190 g/mol. The summed E-state index contributed by atoms with van der Waals surface area (Å²) in [5.41, 5.74) is 2.04. The molecule has 0 radical (unpaired) electrons. The predicted molar refractivity (Wildman–Crippen MR) is 60.6 cm³/mol. The minimum absolute atomic E-state index is 0.156. The Morgan fingerprint density at radius 1 is 1.60 bits per heavy atom. The first kappa shape index (κ1) is 12.2. The highest BCUT2D eigenvalue weighted by Gasteiger charge is 2.20. The lowest BCUT2D eigenvalue weighted by atomic mass is 10.00. The maximum absolute atomic E-state index is 9.25. The highest BCUT2D eigenvalue weighted by Crippen LogP contribution is 2.11. The number of hydrogen-bond donors (Lipinski definition) is 2. The second kappa shape index (κ2) is 4.77. The van der Waals surface area contributed by atoms with Crippen molar-refractivity contribution in [3.05, 3.63) is 17.5 Å². The third kappa shape index (κ3) is 3.04. The number of aromatic nitrogens is 2. The van der Waals surface area contributed by atoms with E-state index in [9.17, 15) is 5.11 Å². The van der Waals surface area contributed by atoms with Gasteiger partial charge >= 0.3 is 0 Å². The molecule has 15 heavy (non-hydrogen) atoms. The topological polar surface area (TPSA) is 50.1 Å². The number of aryl methyl sites for hydroxylation is 2. The van der Waals surface area contributed by atoms with E-state index in [4.69, 9.17) is 0 Å². The highest BCUT2D eigenvalue weighted by atomic mass is 16.3. The summed E-state index contributed by atoms with van der Waals surface area (Å²) in [6, 6.07) is 0. The SMILES string of the molecule is CCC(C)(CO)NCc1cn(C)nc1C. The van der Waals surface area contributed by atoms with Gasteiger partial charge in [-0.05, 0) is 20.3 Å². The summed E-state index contributed by atoms with van der Waals surface area (Å²) in [6.07, 6.45) is 2.92. The molecule has 4 nitrogen and oxygen atoms in total. The zero-order chi connectivity index (χ0) is 11.5. The van der Waals surface area contributed by atoms with Crippen molar-refractivity contribution >= 4 is 0 Å². The molecule has 86 valence electrons. The summed E-state index contributed by atoms with van der Waals surface area (Å²) in [5, 5.41) is 16.9. The van der Waals surface area contributed by atoms with E-state index in [1.165, 1.54) is 5.56 Å². The smallest absolute Gasteiger partial charge is 0.0638 e. The monoisotopic (exact) mass is 211 g/mol. The van der Waals surface area contributed by atoms with Gasteiger partial charge in [-0.2, -0.15) is 5.10 Å². The van der Waals surface area contributed by atoms with Crippen LogP contribution in [-0.2, 0) is 13.6 Å². The maximum Gasteiger partial charge on any atom is 0.0638 e. The number of rotatable bonds is 5. The second-order valence-corrected chi connectivity index (χ2v) is 4.34. The predicted octanol–water partition coefficient (Wildman–Crippen LogP) is 0.979. The van der Waals surface area contributed by atoms with Gasteiger partial charge in [0.05, 0.1) is 12.3 Å². The number of aliphatic hydroxyl groups excluding tert-OH is 1. The lowest BCUT2D eigenvalue weighted by Crippen LogP contribution is -2.44. The third-order valence-electron chi connectivity index (χ3n) is 2.95. The van der Waals surface area contributed by atoms with E-state index in [-0.39, 0.29) is 12.1 Å². The molecule has 1 atom stereocenters. The Morgan fingerprint density at radius 3 is 2.67 bits per heavy atom. The Balaban J connectivity index is 2.60. The zero-order valence-corrected chi connectivity index (χ0v) is 10.0. The molecule has 1 unspecified atom stereocenters. The number of aliphatic hydroxyl groups is 1. The summed E-state index contributed by atoms with van der Waals surface area (Å²) in [4.78, 5) is 0. The molecule has 0 aromatic carbocycles. The Hall–Kier alpha value is -0.870. The average Bonchev–Trinajstić information content (AvgIpc) is 2.54. The molecule has 1 aromatic rings. The van der Waals surface area contributed by atoms with Crippen LogP contribution in [0.3, 0.4) is 0 Å². The first-order valence-electron chi connectivity index (χ1n) is 5.36. The van der Waals surface area contributed by atoms with Crippen molar-refractivity contribution in [2.75, 3.05) is 6.61 Å². The second-order valence-electron chi connectivity index (χ2n) is 4.34. The van der Waals surface area contributed by atoms with Gasteiger partial charge in [-0.25, -0.2) is 0 Å². The van der Waals surface area contributed by atoms with Crippen molar-refractivity contribution in [2.24, 2.45) is 7.05 Å². The molecule has 0 bridgehead atoms. The van der Waals surface area contributed by atoms with Gasteiger partial charge in [0.25, 0.3) is 0 Å². The molecule has 1 aromatic heterocycles. The lowest BCUT2D eigenvalue weighted by molar-refractivity contribution is 0.169. The first-order valence-corrected chi connectivity index (χ1v) is 5.36. The molecular formula is C11H21N3O. The molecule has 0 fully saturated rings. The largest absolute Gasteiger partial charge is 0.394 e. The summed E-state index contributed by atoms with van der Waals surface area (Å²) < 4.78 is 1.81. The minimum atomic E-state index is -0.192. The van der Waals surface area contributed by atoms with Crippen LogP contribution in [0.5, 0.6) is 0 Å². The Labute approximate surface area is 91.3 Å². The standard InChI is InChI=1S/C11H21N3O/c1-5-11(3,8-15)12-6-10-7-14(4)13-9(10)2/h7,12,15H,5-6,8H2,1-4H3. The van der Waals surface area contributed by atoms with Gasteiger partial charge in [0.2, 0.25) is 0 Å². The molecule has 1 heterocycles. The molecule has 1 rings (SSSR count). The summed E-state index contributed by atoms with van der Waals surface area (Å²) in [7, 11) is 1.92. The van der Waals surface area contributed by atoms with Crippen molar-refractivity contribution in [3.63, 3.8) is 0 Å². The van der Waals surface area contributed by atoms with E-state index in [1.807, 2.05) is 31.8 Å². The third-order valence-corrected chi connectivity index (χ3v) is 2.95. The van der Waals surface area contributed by atoms with E-state index in [1.54, 1.807) is 0 Å². The highest BCUT2D eigenvalue weighted by molar-refractivity contribution is 5.15. The van der Waals surface area contributed by atoms with Gasteiger partial charge in [0.1, 0.15) is 0 Å². The van der Waals surface area contributed by atoms with Crippen LogP contribution < -0.4 is 5.32 Å². The van der Waals surface area contributed by atoms with Crippen LogP contribution in [-0.4, -0.2) is 27.0 Å². The lowest BCUT2D eigenvalue weighted by Gasteiger charge is -2.27. The van der Waals surface area contributed by atoms with E-state index >= 15 is 0 Å². The van der Waals surface area contributed by atoms with Crippen molar-refractivity contribution in [1.82, 2.24) is 15.1 Å². The zero-order valence-electron chi connectivity index (χ0n) is 10.0. The molecule has 0 saturated carbocycles. The number of nitrogens with one attached hydrogen (secondary N) is 1. The minimum Gasteiger partial charge on any atom is -0.394 e. The molecule has 0 aliphatic rings. The van der Waals surface area contributed by atoms with Crippen LogP contribution >= 0.6 is 0 Å². The first-order chi connectivity index (χ1) is 7.00. The van der Waals surface area contributed by atoms with Gasteiger partial charge in [-0.15, -0.1) is 0 Å². The Morgan fingerprint density at radius 2 is 2.27 bits per heavy atom. The van der Waals surface area contributed by atoms with Gasteiger partial charge in [-0.1, -0.05) is 6.92 Å². The van der Waals surface area contributed by atoms with Crippen LogP contribution in [0.2, 0.25) is 0 Å². The fourth-order valence-corrected chi connectivity index (χ4v) is 1.42. The molecule has 0 saturated heterocycles. The number of nitrogens with zero attached hydrogens (tertiary/aromatic N) is 2. The van der Waals surface area contributed by atoms with Crippen molar-refractivity contribution < 1.29 is 5.11 Å². The molecule has 0 amide bonds. The van der Waals surface area contributed by atoms with Crippen molar-refractivity contribution in [1.29, 1.82) is 0 Å². The summed E-state index contributed by atoms with van der Waals surface area (Å²) in [6.45, 7) is 7.00. The Bertz CT molecular complexity index is 316. The van der Waals surface area contributed by atoms with E-state index in [0.29, 0.717) is 0 Å². The molecule has 0 aliphatic carbocycles. The fraction of sp³-hybridized carbons (Fsp3) is 0.727. The van der Waals surface area contributed by atoms with Crippen LogP contribution in [0.15, 0.2) is 6.20 Å². The molecule has 0 spiro atoms. The molecule has 2 N–H and O–H groups in total. The van der Waals surface area contributed by atoms with Crippen LogP contribution in [0.1, 0.15) is 31.5 Å². The van der Waals surface area contributed by atoms with E-state index < -0.39 is 0 Å². The fourth-order valence-electron chi connectivity index (χ4n) is 1.42. The van der Waals surface area contributed by atoms with Crippen LogP contribution in [0.25, 0.3) is 0 Å². The van der Waals surface area contributed by atoms with Crippen molar-refractivity contribution in [3.8, 4) is 0 Å². The maximum atomic E-state index is 9.25.